The van der Waals surface area contributed by atoms with Crippen molar-refractivity contribution >= 4 is 17.6 Å². The van der Waals surface area contributed by atoms with Crippen LogP contribution < -0.4 is 5.32 Å². The van der Waals surface area contributed by atoms with Crippen molar-refractivity contribution in [1.29, 1.82) is 0 Å². The van der Waals surface area contributed by atoms with Crippen LogP contribution in [-0.4, -0.2) is 25.2 Å². The fourth-order valence-corrected chi connectivity index (χ4v) is 1.30. The van der Waals surface area contributed by atoms with Gasteiger partial charge in [-0.05, 0) is 24.6 Å². The summed E-state index contributed by atoms with van der Waals surface area (Å²) in [6.07, 6.45) is -4.98. The number of hydrogen-bond acceptors (Lipinski definition) is 3. The number of ether oxygens (including phenoxy) is 1. The normalized spacial score (nSPS) is 10.9. The first kappa shape index (κ1) is 14.0. The fourth-order valence-electron chi connectivity index (χ4n) is 1.30. The van der Waals surface area contributed by atoms with Gasteiger partial charge >= 0.3 is 18.1 Å². The number of amides is 1. The monoisotopic (exact) mass is 261 g/mol. The van der Waals surface area contributed by atoms with E-state index in [1.54, 1.807) is 5.32 Å². The van der Waals surface area contributed by atoms with Gasteiger partial charge < -0.3 is 10.1 Å². The summed E-state index contributed by atoms with van der Waals surface area (Å²) in [6, 6.07) is 4.01. The molecule has 1 rings (SSSR count). The van der Waals surface area contributed by atoms with Gasteiger partial charge in [-0.15, -0.1) is 0 Å². The molecule has 1 N–H and O–H groups in total. The Kier molecular flexibility index (Phi) is 3.95. The minimum absolute atomic E-state index is 0.0831. The number of benzene rings is 1. The second kappa shape index (κ2) is 5.07. The number of halogens is 3. The summed E-state index contributed by atoms with van der Waals surface area (Å²) in [5.74, 6) is -2.77. The minimum Gasteiger partial charge on any atom is -0.465 e. The Morgan fingerprint density at radius 1 is 1.28 bits per heavy atom. The Morgan fingerprint density at radius 3 is 2.39 bits per heavy atom. The number of nitrogens with one attached hydrogen (secondary N) is 1. The van der Waals surface area contributed by atoms with Gasteiger partial charge in [0.15, 0.2) is 0 Å². The van der Waals surface area contributed by atoms with Crippen molar-refractivity contribution in [3.63, 3.8) is 0 Å². The lowest BCUT2D eigenvalue weighted by Gasteiger charge is -2.12. The summed E-state index contributed by atoms with van der Waals surface area (Å²) in [7, 11) is 1.16. The Labute approximate surface area is 101 Å². The molecular weight excluding hydrogens is 251 g/mol. The van der Waals surface area contributed by atoms with E-state index in [0.717, 1.165) is 7.11 Å². The van der Waals surface area contributed by atoms with Crippen LogP contribution in [-0.2, 0) is 9.53 Å². The summed E-state index contributed by atoms with van der Waals surface area (Å²) >= 11 is 0. The summed E-state index contributed by atoms with van der Waals surface area (Å²) in [4.78, 5) is 22.1. The number of anilines is 1. The quantitative estimate of drug-likeness (QED) is 0.831. The average Bonchev–Trinajstić information content (AvgIpc) is 2.29. The van der Waals surface area contributed by atoms with Crippen LogP contribution in [0.2, 0.25) is 0 Å². The molecule has 1 aromatic carbocycles. The van der Waals surface area contributed by atoms with E-state index in [-0.39, 0.29) is 16.8 Å². The fraction of sp³-hybridized carbons (Fsp3) is 0.273. The molecule has 0 radical (unpaired) electrons. The van der Waals surface area contributed by atoms with Gasteiger partial charge in [0, 0.05) is 5.69 Å². The number of methoxy groups -OCH3 is 1. The van der Waals surface area contributed by atoms with E-state index in [9.17, 15) is 22.8 Å². The van der Waals surface area contributed by atoms with Gasteiger partial charge in [0.2, 0.25) is 0 Å². The van der Waals surface area contributed by atoms with E-state index >= 15 is 0 Å². The number of alkyl halides is 3. The minimum atomic E-state index is -4.98. The summed E-state index contributed by atoms with van der Waals surface area (Å²) < 4.78 is 40.7. The van der Waals surface area contributed by atoms with Crippen molar-refractivity contribution in [3.05, 3.63) is 29.3 Å². The lowest BCUT2D eigenvalue weighted by atomic mass is 10.1. The zero-order chi connectivity index (χ0) is 13.9. The Morgan fingerprint density at radius 2 is 1.89 bits per heavy atom. The predicted molar refractivity (Wildman–Crippen MR) is 57.2 cm³/mol. The van der Waals surface area contributed by atoms with E-state index < -0.39 is 18.1 Å². The highest BCUT2D eigenvalue weighted by Gasteiger charge is 2.38. The highest BCUT2D eigenvalue weighted by molar-refractivity contribution is 5.98. The molecule has 98 valence electrons. The molecule has 4 nitrogen and oxygen atoms in total. The highest BCUT2D eigenvalue weighted by atomic mass is 19.4. The molecule has 0 heterocycles. The summed E-state index contributed by atoms with van der Waals surface area (Å²) in [5, 5.41) is 1.70. The average molecular weight is 261 g/mol. The Hall–Kier alpha value is -2.05. The third kappa shape index (κ3) is 2.99. The maximum atomic E-state index is 12.1. The molecule has 0 unspecified atom stereocenters. The first-order valence-electron chi connectivity index (χ1n) is 4.83. The van der Waals surface area contributed by atoms with Gasteiger partial charge in [-0.3, -0.25) is 4.79 Å². The van der Waals surface area contributed by atoms with Crippen molar-refractivity contribution < 1.29 is 27.5 Å². The molecule has 18 heavy (non-hydrogen) atoms. The van der Waals surface area contributed by atoms with Crippen LogP contribution in [0.5, 0.6) is 0 Å². The van der Waals surface area contributed by atoms with E-state index in [4.69, 9.17) is 0 Å². The number of hydrogen-bond donors (Lipinski definition) is 1. The molecule has 0 bridgehead atoms. The molecule has 0 fully saturated rings. The van der Waals surface area contributed by atoms with Crippen LogP contribution in [0.15, 0.2) is 18.2 Å². The van der Waals surface area contributed by atoms with E-state index in [1.165, 1.54) is 25.1 Å². The van der Waals surface area contributed by atoms with Gasteiger partial charge in [-0.2, -0.15) is 13.2 Å². The van der Waals surface area contributed by atoms with Crippen LogP contribution in [0.25, 0.3) is 0 Å². The number of esters is 1. The molecule has 0 spiro atoms. The van der Waals surface area contributed by atoms with Gasteiger partial charge in [0.1, 0.15) is 0 Å². The van der Waals surface area contributed by atoms with Gasteiger partial charge in [0.05, 0.1) is 12.7 Å². The van der Waals surface area contributed by atoms with Gasteiger partial charge in [-0.25, -0.2) is 4.79 Å². The van der Waals surface area contributed by atoms with Crippen LogP contribution in [0.4, 0.5) is 18.9 Å². The molecule has 0 saturated heterocycles. The first-order chi connectivity index (χ1) is 8.27. The predicted octanol–water partition coefficient (Wildman–Crippen LogP) is 2.28. The molecular formula is C11H10F3NO3. The second-order valence-electron chi connectivity index (χ2n) is 3.42. The molecule has 1 aromatic rings. The maximum Gasteiger partial charge on any atom is 0.471 e. The van der Waals surface area contributed by atoms with Crippen molar-refractivity contribution in [2.75, 3.05) is 12.4 Å². The van der Waals surface area contributed by atoms with Crippen molar-refractivity contribution in [2.24, 2.45) is 0 Å². The van der Waals surface area contributed by atoms with Crippen molar-refractivity contribution in [2.45, 2.75) is 13.1 Å². The number of carbonyl (C=O) groups is 2. The SMILES string of the molecule is COC(=O)c1cccc(NC(=O)C(F)(F)F)c1C. The highest BCUT2D eigenvalue weighted by Crippen LogP contribution is 2.23. The number of carbonyl (C=O) groups excluding carboxylic acids is 2. The van der Waals surface area contributed by atoms with E-state index in [2.05, 4.69) is 4.74 Å². The largest absolute Gasteiger partial charge is 0.471 e. The number of rotatable bonds is 2. The maximum absolute atomic E-state index is 12.1. The van der Waals surface area contributed by atoms with E-state index in [1.807, 2.05) is 0 Å². The third-order valence-electron chi connectivity index (χ3n) is 2.24. The third-order valence-corrected chi connectivity index (χ3v) is 2.24. The van der Waals surface area contributed by atoms with Crippen LogP contribution in [0.1, 0.15) is 15.9 Å². The molecule has 0 aliphatic rings. The zero-order valence-corrected chi connectivity index (χ0v) is 9.59. The van der Waals surface area contributed by atoms with Crippen molar-refractivity contribution in [3.8, 4) is 0 Å². The summed E-state index contributed by atoms with van der Waals surface area (Å²) in [5.41, 5.74) is 0.222. The van der Waals surface area contributed by atoms with Gasteiger partial charge in [0.25, 0.3) is 0 Å². The molecule has 0 saturated carbocycles. The van der Waals surface area contributed by atoms with Crippen LogP contribution >= 0.6 is 0 Å². The first-order valence-corrected chi connectivity index (χ1v) is 4.83. The molecule has 0 atom stereocenters. The lowest BCUT2D eigenvalue weighted by Crippen LogP contribution is -2.30. The Balaban J connectivity index is 3.05. The topological polar surface area (TPSA) is 55.4 Å². The molecule has 7 heteroatoms. The Bertz CT molecular complexity index is 483. The van der Waals surface area contributed by atoms with Crippen LogP contribution in [0, 0.1) is 6.92 Å². The molecule has 0 aromatic heterocycles. The lowest BCUT2D eigenvalue weighted by molar-refractivity contribution is -0.167. The van der Waals surface area contributed by atoms with Gasteiger partial charge in [-0.1, -0.05) is 6.07 Å². The van der Waals surface area contributed by atoms with Crippen molar-refractivity contribution in [1.82, 2.24) is 0 Å². The van der Waals surface area contributed by atoms with E-state index in [0.29, 0.717) is 0 Å². The van der Waals surface area contributed by atoms with Crippen LogP contribution in [0.3, 0.4) is 0 Å². The second-order valence-corrected chi connectivity index (χ2v) is 3.42. The molecule has 0 aliphatic carbocycles. The molecule has 0 aliphatic heterocycles. The zero-order valence-electron chi connectivity index (χ0n) is 9.59. The standard InChI is InChI=1S/C11H10F3NO3/c1-6-7(9(16)18-2)4-3-5-8(6)15-10(17)11(12,13)14/h3-5H,1-2H3,(H,15,17). The molecule has 1 amide bonds. The smallest absolute Gasteiger partial charge is 0.465 e. The summed E-state index contributed by atoms with van der Waals surface area (Å²) in [6.45, 7) is 1.41.